The van der Waals surface area contributed by atoms with Crippen LogP contribution in [-0.2, 0) is 0 Å². The first-order valence-corrected chi connectivity index (χ1v) is 6.82. The first kappa shape index (κ1) is 12.7. The highest BCUT2D eigenvalue weighted by atomic mass is 32.2. The standard InChI is InChI=1S/C13H16N4S/c1-17(2)13-8-12(14-9-15-13)16-10-6-4-5-7-11(10)18-3/h4-9H,1-3H3,(H,14,15,16). The number of rotatable bonds is 4. The average molecular weight is 260 g/mol. The number of benzene rings is 1. The van der Waals surface area contributed by atoms with Gasteiger partial charge in [0.2, 0.25) is 0 Å². The topological polar surface area (TPSA) is 41.0 Å². The van der Waals surface area contributed by atoms with E-state index in [0.29, 0.717) is 0 Å². The SMILES string of the molecule is CSc1ccccc1Nc1cc(N(C)C)ncn1. The molecule has 0 aliphatic carbocycles. The second kappa shape index (κ2) is 5.73. The second-order valence-electron chi connectivity index (χ2n) is 3.98. The zero-order chi connectivity index (χ0) is 13.0. The van der Waals surface area contributed by atoms with Gasteiger partial charge in [0.25, 0.3) is 0 Å². The van der Waals surface area contributed by atoms with Crippen LogP contribution in [0.1, 0.15) is 0 Å². The Balaban J connectivity index is 2.25. The van der Waals surface area contributed by atoms with Crippen LogP contribution in [0.3, 0.4) is 0 Å². The fourth-order valence-electron chi connectivity index (χ4n) is 1.55. The zero-order valence-electron chi connectivity index (χ0n) is 10.7. The van der Waals surface area contributed by atoms with Crippen molar-refractivity contribution in [1.29, 1.82) is 0 Å². The van der Waals surface area contributed by atoms with Crippen LogP contribution in [0.15, 0.2) is 41.6 Å². The number of para-hydroxylation sites is 1. The fraction of sp³-hybridized carbons (Fsp3) is 0.231. The van der Waals surface area contributed by atoms with E-state index in [-0.39, 0.29) is 0 Å². The van der Waals surface area contributed by atoms with E-state index in [1.54, 1.807) is 18.1 Å². The van der Waals surface area contributed by atoms with Gasteiger partial charge in [-0.05, 0) is 18.4 Å². The van der Waals surface area contributed by atoms with Crippen molar-refractivity contribution >= 4 is 29.1 Å². The number of anilines is 3. The van der Waals surface area contributed by atoms with Crippen LogP contribution in [0.25, 0.3) is 0 Å². The number of hydrogen-bond acceptors (Lipinski definition) is 5. The molecule has 0 spiro atoms. The quantitative estimate of drug-likeness (QED) is 0.856. The summed E-state index contributed by atoms with van der Waals surface area (Å²) in [6, 6.07) is 10.1. The van der Waals surface area contributed by atoms with Gasteiger partial charge in [-0.2, -0.15) is 0 Å². The molecule has 1 aromatic carbocycles. The minimum absolute atomic E-state index is 0.801. The van der Waals surface area contributed by atoms with Gasteiger partial charge in [-0.25, -0.2) is 9.97 Å². The molecule has 0 aliphatic heterocycles. The van der Waals surface area contributed by atoms with Gasteiger partial charge in [-0.3, -0.25) is 0 Å². The van der Waals surface area contributed by atoms with E-state index in [2.05, 4.69) is 27.6 Å². The largest absolute Gasteiger partial charge is 0.363 e. The monoisotopic (exact) mass is 260 g/mol. The maximum Gasteiger partial charge on any atom is 0.135 e. The smallest absolute Gasteiger partial charge is 0.135 e. The number of thioether (sulfide) groups is 1. The zero-order valence-corrected chi connectivity index (χ0v) is 11.5. The Labute approximate surface area is 111 Å². The van der Waals surface area contributed by atoms with Crippen molar-refractivity contribution in [3.05, 3.63) is 36.7 Å². The third-order valence-corrected chi connectivity index (χ3v) is 3.28. The molecule has 0 radical (unpaired) electrons. The Kier molecular flexibility index (Phi) is 4.04. The number of nitrogens with zero attached hydrogens (tertiary/aromatic N) is 3. The first-order valence-electron chi connectivity index (χ1n) is 5.60. The second-order valence-corrected chi connectivity index (χ2v) is 4.83. The maximum atomic E-state index is 4.23. The molecule has 0 saturated carbocycles. The van der Waals surface area contributed by atoms with Crippen molar-refractivity contribution < 1.29 is 0 Å². The molecule has 0 aliphatic rings. The molecule has 0 atom stereocenters. The number of aromatic nitrogens is 2. The van der Waals surface area contributed by atoms with Gasteiger partial charge in [0.1, 0.15) is 18.0 Å². The van der Waals surface area contributed by atoms with Crippen LogP contribution in [0.2, 0.25) is 0 Å². The van der Waals surface area contributed by atoms with Gasteiger partial charge in [-0.15, -0.1) is 11.8 Å². The molecule has 1 N–H and O–H groups in total. The van der Waals surface area contributed by atoms with Crippen LogP contribution >= 0.6 is 11.8 Å². The van der Waals surface area contributed by atoms with E-state index in [1.807, 2.05) is 43.3 Å². The predicted octanol–water partition coefficient (Wildman–Crippen LogP) is 3.01. The molecule has 94 valence electrons. The van der Waals surface area contributed by atoms with Crippen LogP contribution in [0.5, 0.6) is 0 Å². The lowest BCUT2D eigenvalue weighted by Gasteiger charge is -2.13. The van der Waals surface area contributed by atoms with Crippen molar-refractivity contribution in [2.75, 3.05) is 30.6 Å². The van der Waals surface area contributed by atoms with Gasteiger partial charge >= 0.3 is 0 Å². The minimum atomic E-state index is 0.801. The lowest BCUT2D eigenvalue weighted by atomic mass is 10.3. The Morgan fingerprint density at radius 1 is 1.17 bits per heavy atom. The molecular formula is C13H16N4S. The van der Waals surface area contributed by atoms with Crippen LogP contribution in [0, 0.1) is 0 Å². The Morgan fingerprint density at radius 2 is 1.94 bits per heavy atom. The summed E-state index contributed by atoms with van der Waals surface area (Å²) in [5.74, 6) is 1.68. The molecule has 5 heteroatoms. The first-order chi connectivity index (χ1) is 8.70. The van der Waals surface area contributed by atoms with Crippen LogP contribution < -0.4 is 10.2 Å². The molecule has 0 bridgehead atoms. The van der Waals surface area contributed by atoms with Crippen molar-refractivity contribution in [2.45, 2.75) is 4.90 Å². The molecule has 1 heterocycles. The summed E-state index contributed by atoms with van der Waals surface area (Å²) in [5, 5.41) is 3.32. The summed E-state index contributed by atoms with van der Waals surface area (Å²) >= 11 is 1.71. The van der Waals surface area contributed by atoms with E-state index < -0.39 is 0 Å². The van der Waals surface area contributed by atoms with Gasteiger partial charge in [0.15, 0.2) is 0 Å². The van der Waals surface area contributed by atoms with E-state index in [4.69, 9.17) is 0 Å². The average Bonchev–Trinajstić information content (AvgIpc) is 2.39. The third-order valence-electron chi connectivity index (χ3n) is 2.48. The molecular weight excluding hydrogens is 244 g/mol. The van der Waals surface area contributed by atoms with Crippen molar-refractivity contribution in [3.8, 4) is 0 Å². The normalized spacial score (nSPS) is 10.2. The minimum Gasteiger partial charge on any atom is -0.363 e. The van der Waals surface area contributed by atoms with Gasteiger partial charge in [0.05, 0.1) is 5.69 Å². The summed E-state index contributed by atoms with van der Waals surface area (Å²) in [4.78, 5) is 11.6. The third kappa shape index (κ3) is 2.92. The molecule has 0 saturated heterocycles. The summed E-state index contributed by atoms with van der Waals surface area (Å²) in [6.07, 6.45) is 3.63. The highest BCUT2D eigenvalue weighted by Gasteiger charge is 2.04. The van der Waals surface area contributed by atoms with E-state index in [1.165, 1.54) is 4.90 Å². The van der Waals surface area contributed by atoms with Crippen molar-refractivity contribution in [3.63, 3.8) is 0 Å². The summed E-state index contributed by atoms with van der Waals surface area (Å²) in [7, 11) is 3.92. The Hall–Kier alpha value is -1.75. The summed E-state index contributed by atoms with van der Waals surface area (Å²) < 4.78 is 0. The van der Waals surface area contributed by atoms with E-state index in [9.17, 15) is 0 Å². The lowest BCUT2D eigenvalue weighted by molar-refractivity contribution is 1.04. The number of nitrogens with one attached hydrogen (secondary N) is 1. The molecule has 18 heavy (non-hydrogen) atoms. The Bertz CT molecular complexity index is 528. The van der Waals surface area contributed by atoms with Crippen LogP contribution in [-0.4, -0.2) is 30.3 Å². The fourth-order valence-corrected chi connectivity index (χ4v) is 2.10. The summed E-state index contributed by atoms with van der Waals surface area (Å²) in [6.45, 7) is 0. The highest BCUT2D eigenvalue weighted by molar-refractivity contribution is 7.98. The Morgan fingerprint density at radius 3 is 2.67 bits per heavy atom. The molecule has 0 fully saturated rings. The van der Waals surface area contributed by atoms with Crippen molar-refractivity contribution in [1.82, 2.24) is 9.97 Å². The predicted molar refractivity (Wildman–Crippen MR) is 77.9 cm³/mol. The molecule has 0 amide bonds. The molecule has 4 nitrogen and oxygen atoms in total. The summed E-state index contributed by atoms with van der Waals surface area (Å²) in [5.41, 5.74) is 1.06. The molecule has 2 rings (SSSR count). The van der Waals surface area contributed by atoms with Gasteiger partial charge in [0, 0.05) is 25.1 Å². The van der Waals surface area contributed by atoms with Gasteiger partial charge in [-0.1, -0.05) is 12.1 Å². The maximum absolute atomic E-state index is 4.23. The van der Waals surface area contributed by atoms with Crippen molar-refractivity contribution in [2.24, 2.45) is 0 Å². The molecule has 2 aromatic rings. The van der Waals surface area contributed by atoms with Crippen LogP contribution in [0.4, 0.5) is 17.3 Å². The van der Waals surface area contributed by atoms with Gasteiger partial charge < -0.3 is 10.2 Å². The highest BCUT2D eigenvalue weighted by Crippen LogP contribution is 2.27. The number of hydrogen-bond donors (Lipinski definition) is 1. The lowest BCUT2D eigenvalue weighted by Crippen LogP contribution is -2.11. The van der Waals surface area contributed by atoms with E-state index in [0.717, 1.165) is 17.3 Å². The molecule has 0 unspecified atom stereocenters. The van der Waals surface area contributed by atoms with E-state index >= 15 is 0 Å². The molecule has 1 aromatic heterocycles.